The van der Waals surface area contributed by atoms with E-state index in [4.69, 9.17) is 0 Å². The summed E-state index contributed by atoms with van der Waals surface area (Å²) < 4.78 is 29.1. The molecule has 0 aliphatic rings. The Morgan fingerprint density at radius 3 is 2.62 bits per heavy atom. The summed E-state index contributed by atoms with van der Waals surface area (Å²) in [5, 5.41) is 12.1. The van der Waals surface area contributed by atoms with Crippen LogP contribution in [0.2, 0.25) is 0 Å². The summed E-state index contributed by atoms with van der Waals surface area (Å²) in [5.41, 5.74) is 0.819. The SMILES string of the molecule is O=C(NCC(CO)Cc1ccccn1)c1ccccc1OC(F)F. The van der Waals surface area contributed by atoms with E-state index in [0.717, 1.165) is 5.69 Å². The fraction of sp³-hybridized carbons (Fsp3) is 0.294. The molecule has 1 amide bonds. The summed E-state index contributed by atoms with van der Waals surface area (Å²) in [6, 6.07) is 11.2. The molecule has 128 valence electrons. The second-order valence-electron chi connectivity index (χ2n) is 5.16. The number of nitrogens with one attached hydrogen (secondary N) is 1. The van der Waals surface area contributed by atoms with Crippen LogP contribution in [-0.2, 0) is 6.42 Å². The molecule has 1 unspecified atom stereocenters. The lowest BCUT2D eigenvalue weighted by molar-refractivity contribution is -0.0501. The first kappa shape index (κ1) is 17.8. The molecule has 1 atom stereocenters. The van der Waals surface area contributed by atoms with E-state index in [1.54, 1.807) is 18.3 Å². The molecule has 0 saturated heterocycles. The van der Waals surface area contributed by atoms with Crippen molar-refractivity contribution in [3.63, 3.8) is 0 Å². The smallest absolute Gasteiger partial charge is 0.387 e. The third-order valence-electron chi connectivity index (χ3n) is 3.38. The van der Waals surface area contributed by atoms with Gasteiger partial charge in [0.2, 0.25) is 0 Å². The minimum atomic E-state index is -3.01. The average molecular weight is 336 g/mol. The quantitative estimate of drug-likeness (QED) is 0.776. The van der Waals surface area contributed by atoms with E-state index in [9.17, 15) is 18.7 Å². The van der Waals surface area contributed by atoms with Gasteiger partial charge in [0.15, 0.2) is 0 Å². The summed E-state index contributed by atoms with van der Waals surface area (Å²) in [7, 11) is 0. The second kappa shape index (κ2) is 8.93. The number of ether oxygens (including phenoxy) is 1. The van der Waals surface area contributed by atoms with Crippen LogP contribution in [0.3, 0.4) is 0 Å². The van der Waals surface area contributed by atoms with Crippen LogP contribution in [0.25, 0.3) is 0 Å². The Hall–Kier alpha value is -2.54. The van der Waals surface area contributed by atoms with Crippen molar-refractivity contribution in [2.45, 2.75) is 13.0 Å². The van der Waals surface area contributed by atoms with E-state index >= 15 is 0 Å². The molecule has 24 heavy (non-hydrogen) atoms. The van der Waals surface area contributed by atoms with Gasteiger partial charge in [0.1, 0.15) is 5.75 Å². The van der Waals surface area contributed by atoms with Gasteiger partial charge < -0.3 is 15.2 Å². The zero-order chi connectivity index (χ0) is 17.4. The van der Waals surface area contributed by atoms with Crippen LogP contribution < -0.4 is 10.1 Å². The molecule has 1 heterocycles. The van der Waals surface area contributed by atoms with Gasteiger partial charge in [0, 0.05) is 31.0 Å². The number of hydrogen-bond donors (Lipinski definition) is 2. The number of nitrogens with zero attached hydrogens (tertiary/aromatic N) is 1. The predicted octanol–water partition coefficient (Wildman–Crippen LogP) is 2.26. The van der Waals surface area contributed by atoms with Crippen molar-refractivity contribution in [1.82, 2.24) is 10.3 Å². The number of para-hydroxylation sites is 1. The molecule has 0 radical (unpaired) electrons. The van der Waals surface area contributed by atoms with E-state index in [1.807, 2.05) is 12.1 Å². The number of aliphatic hydroxyl groups is 1. The third-order valence-corrected chi connectivity index (χ3v) is 3.38. The van der Waals surface area contributed by atoms with Crippen LogP contribution in [0.1, 0.15) is 16.1 Å². The summed E-state index contributed by atoms with van der Waals surface area (Å²) in [6.45, 7) is -2.95. The normalized spacial score (nSPS) is 12.0. The molecule has 0 aliphatic carbocycles. The summed E-state index contributed by atoms with van der Waals surface area (Å²) in [5.74, 6) is -0.951. The molecule has 5 nitrogen and oxygen atoms in total. The minimum Gasteiger partial charge on any atom is -0.434 e. The molecule has 2 N–H and O–H groups in total. The zero-order valence-electron chi connectivity index (χ0n) is 12.9. The lowest BCUT2D eigenvalue weighted by Gasteiger charge is -2.16. The molecular formula is C17H18F2N2O3. The maximum Gasteiger partial charge on any atom is 0.387 e. The maximum absolute atomic E-state index is 12.4. The first-order valence-electron chi connectivity index (χ1n) is 7.43. The summed E-state index contributed by atoms with van der Waals surface area (Å²) in [4.78, 5) is 16.4. The number of hydrogen-bond acceptors (Lipinski definition) is 4. The Kier molecular flexibility index (Phi) is 6.62. The Morgan fingerprint density at radius 2 is 1.96 bits per heavy atom. The van der Waals surface area contributed by atoms with Crippen molar-refractivity contribution >= 4 is 5.91 Å². The van der Waals surface area contributed by atoms with Crippen LogP contribution in [0.5, 0.6) is 5.75 Å². The van der Waals surface area contributed by atoms with Crippen molar-refractivity contribution in [3.8, 4) is 5.75 Å². The van der Waals surface area contributed by atoms with Gasteiger partial charge in [0.25, 0.3) is 5.91 Å². The molecule has 0 bridgehead atoms. The lowest BCUT2D eigenvalue weighted by Crippen LogP contribution is -2.32. The highest BCUT2D eigenvalue weighted by atomic mass is 19.3. The molecule has 0 aliphatic heterocycles. The van der Waals surface area contributed by atoms with Gasteiger partial charge in [-0.15, -0.1) is 0 Å². The van der Waals surface area contributed by atoms with Crippen LogP contribution in [0, 0.1) is 5.92 Å². The van der Waals surface area contributed by atoms with E-state index < -0.39 is 12.5 Å². The minimum absolute atomic E-state index is 0.0207. The molecule has 0 fully saturated rings. The topological polar surface area (TPSA) is 71.5 Å². The number of aliphatic hydroxyl groups excluding tert-OH is 1. The molecule has 1 aromatic carbocycles. The molecule has 7 heteroatoms. The van der Waals surface area contributed by atoms with Crippen molar-refractivity contribution < 1.29 is 23.4 Å². The third kappa shape index (κ3) is 5.27. The predicted molar refractivity (Wildman–Crippen MR) is 83.9 cm³/mol. The van der Waals surface area contributed by atoms with Gasteiger partial charge in [-0.1, -0.05) is 18.2 Å². The van der Waals surface area contributed by atoms with Crippen molar-refractivity contribution in [2.75, 3.05) is 13.2 Å². The van der Waals surface area contributed by atoms with Crippen LogP contribution in [0.15, 0.2) is 48.7 Å². The van der Waals surface area contributed by atoms with Crippen molar-refractivity contribution in [1.29, 1.82) is 0 Å². The molecule has 0 saturated carbocycles. The molecule has 2 rings (SSSR count). The van der Waals surface area contributed by atoms with E-state index in [0.29, 0.717) is 6.42 Å². The molecular weight excluding hydrogens is 318 g/mol. The van der Waals surface area contributed by atoms with Crippen LogP contribution in [-0.4, -0.2) is 35.8 Å². The molecule has 1 aromatic heterocycles. The number of pyridine rings is 1. The number of amides is 1. The second-order valence-corrected chi connectivity index (χ2v) is 5.16. The van der Waals surface area contributed by atoms with Gasteiger partial charge in [-0.2, -0.15) is 8.78 Å². The Balaban J connectivity index is 1.96. The number of alkyl halides is 2. The fourth-order valence-corrected chi connectivity index (χ4v) is 2.20. The monoisotopic (exact) mass is 336 g/mol. The first-order chi connectivity index (χ1) is 11.6. The van der Waals surface area contributed by atoms with E-state index in [-0.39, 0.29) is 30.4 Å². The van der Waals surface area contributed by atoms with Crippen LogP contribution >= 0.6 is 0 Å². The van der Waals surface area contributed by atoms with Crippen LogP contribution in [0.4, 0.5) is 8.78 Å². The largest absolute Gasteiger partial charge is 0.434 e. The Bertz CT molecular complexity index is 653. The number of carbonyl (C=O) groups is 1. The van der Waals surface area contributed by atoms with Gasteiger partial charge >= 0.3 is 6.61 Å². The Labute approximate surface area is 138 Å². The average Bonchev–Trinajstić information content (AvgIpc) is 2.59. The van der Waals surface area contributed by atoms with Gasteiger partial charge in [-0.05, 0) is 30.7 Å². The number of rotatable bonds is 8. The highest BCUT2D eigenvalue weighted by Gasteiger charge is 2.17. The lowest BCUT2D eigenvalue weighted by atomic mass is 10.0. The van der Waals surface area contributed by atoms with Crippen molar-refractivity contribution in [2.24, 2.45) is 5.92 Å². The molecule has 2 aromatic rings. The number of halogens is 2. The maximum atomic E-state index is 12.4. The molecule has 0 spiro atoms. The summed E-state index contributed by atoms with van der Waals surface area (Å²) in [6.07, 6.45) is 2.15. The fourth-order valence-electron chi connectivity index (χ4n) is 2.20. The zero-order valence-corrected chi connectivity index (χ0v) is 12.9. The summed E-state index contributed by atoms with van der Waals surface area (Å²) >= 11 is 0. The number of aromatic nitrogens is 1. The van der Waals surface area contributed by atoms with E-state index in [1.165, 1.54) is 18.2 Å². The number of carbonyl (C=O) groups excluding carboxylic acids is 1. The Morgan fingerprint density at radius 1 is 1.21 bits per heavy atom. The van der Waals surface area contributed by atoms with Gasteiger partial charge in [-0.3, -0.25) is 9.78 Å². The van der Waals surface area contributed by atoms with Crippen molar-refractivity contribution in [3.05, 3.63) is 59.9 Å². The van der Waals surface area contributed by atoms with Gasteiger partial charge in [-0.25, -0.2) is 0 Å². The van der Waals surface area contributed by atoms with E-state index in [2.05, 4.69) is 15.0 Å². The highest BCUT2D eigenvalue weighted by molar-refractivity contribution is 5.96. The number of benzene rings is 1. The highest BCUT2D eigenvalue weighted by Crippen LogP contribution is 2.20. The first-order valence-corrected chi connectivity index (χ1v) is 7.43. The standard InChI is InChI=1S/C17H18F2N2O3/c18-17(19)24-15-7-2-1-6-14(15)16(23)21-10-12(11-22)9-13-5-3-4-8-20-13/h1-8,12,17,22H,9-11H2,(H,21,23). The van der Waals surface area contributed by atoms with Gasteiger partial charge in [0.05, 0.1) is 5.56 Å².